The van der Waals surface area contributed by atoms with E-state index in [1.54, 1.807) is 11.1 Å². The first-order chi connectivity index (χ1) is 5.93. The van der Waals surface area contributed by atoms with Crippen LogP contribution in [0.1, 0.15) is 38.5 Å². The van der Waals surface area contributed by atoms with E-state index in [1.165, 1.54) is 38.5 Å². The van der Waals surface area contributed by atoms with E-state index in [9.17, 15) is 0 Å². The van der Waals surface area contributed by atoms with Crippen LogP contribution in [-0.4, -0.2) is 0 Å². The number of allylic oxidation sites excluding steroid dienone is 4. The Balaban J connectivity index is 1.96. The average molecular weight is 160 g/mol. The van der Waals surface area contributed by atoms with Crippen LogP contribution in [-0.2, 0) is 0 Å². The first kappa shape index (κ1) is 6.94. The minimum Gasteiger partial charge on any atom is -0.0810 e. The van der Waals surface area contributed by atoms with E-state index in [0.717, 1.165) is 11.8 Å². The van der Waals surface area contributed by atoms with Gasteiger partial charge in [-0.3, -0.25) is 0 Å². The van der Waals surface area contributed by atoms with Gasteiger partial charge in [-0.25, -0.2) is 0 Å². The Labute approximate surface area is 74.4 Å². The van der Waals surface area contributed by atoms with Gasteiger partial charge in [0.2, 0.25) is 0 Å². The molecule has 0 N–H and O–H groups in total. The Bertz CT molecular complexity index is 257. The highest BCUT2D eigenvalue weighted by Gasteiger charge is 2.31. The zero-order valence-electron chi connectivity index (χ0n) is 7.55. The summed E-state index contributed by atoms with van der Waals surface area (Å²) in [7, 11) is 0. The molecule has 2 atom stereocenters. The standard InChI is InChI=1S/C12H16/c1-3-9-7-11-5-2-6-12(11)8-10(9)4-1/h3,7,10,12H,1-2,4-6,8H2. The van der Waals surface area contributed by atoms with E-state index in [4.69, 9.17) is 0 Å². The quantitative estimate of drug-likeness (QED) is 0.509. The van der Waals surface area contributed by atoms with E-state index in [2.05, 4.69) is 12.2 Å². The van der Waals surface area contributed by atoms with Crippen LogP contribution in [0.15, 0.2) is 23.3 Å². The highest BCUT2D eigenvalue weighted by atomic mass is 14.4. The fourth-order valence-electron chi connectivity index (χ4n) is 3.17. The fourth-order valence-corrected chi connectivity index (χ4v) is 3.17. The van der Waals surface area contributed by atoms with Crippen LogP contribution in [0.3, 0.4) is 0 Å². The Hall–Kier alpha value is -0.520. The van der Waals surface area contributed by atoms with Gasteiger partial charge in [-0.2, -0.15) is 0 Å². The van der Waals surface area contributed by atoms with Crippen LogP contribution in [0, 0.1) is 11.8 Å². The van der Waals surface area contributed by atoms with Crippen molar-refractivity contribution in [2.45, 2.75) is 38.5 Å². The van der Waals surface area contributed by atoms with Crippen LogP contribution >= 0.6 is 0 Å². The van der Waals surface area contributed by atoms with Gasteiger partial charge in [0.1, 0.15) is 0 Å². The molecule has 0 radical (unpaired) electrons. The lowest BCUT2D eigenvalue weighted by molar-refractivity contribution is 0.442. The molecule has 3 aliphatic rings. The lowest BCUT2D eigenvalue weighted by Crippen LogP contribution is -2.12. The molecule has 0 aromatic carbocycles. The second-order valence-corrected chi connectivity index (χ2v) is 4.52. The Kier molecular flexibility index (Phi) is 1.44. The molecule has 2 unspecified atom stereocenters. The van der Waals surface area contributed by atoms with Crippen molar-refractivity contribution in [3.63, 3.8) is 0 Å². The topological polar surface area (TPSA) is 0 Å². The van der Waals surface area contributed by atoms with Crippen molar-refractivity contribution in [2.24, 2.45) is 11.8 Å². The summed E-state index contributed by atoms with van der Waals surface area (Å²) in [6.07, 6.45) is 13.6. The van der Waals surface area contributed by atoms with E-state index in [0.29, 0.717) is 0 Å². The summed E-state index contributed by atoms with van der Waals surface area (Å²) >= 11 is 0. The zero-order chi connectivity index (χ0) is 7.97. The number of rotatable bonds is 0. The van der Waals surface area contributed by atoms with Crippen molar-refractivity contribution in [1.29, 1.82) is 0 Å². The van der Waals surface area contributed by atoms with Crippen molar-refractivity contribution < 1.29 is 0 Å². The minimum atomic E-state index is 0.955. The molecular weight excluding hydrogens is 144 g/mol. The smallest absolute Gasteiger partial charge is 0.0156 e. The van der Waals surface area contributed by atoms with Crippen LogP contribution in [0.4, 0.5) is 0 Å². The molecule has 3 aliphatic carbocycles. The molecule has 64 valence electrons. The van der Waals surface area contributed by atoms with E-state index in [1.807, 2.05) is 0 Å². The van der Waals surface area contributed by atoms with E-state index < -0.39 is 0 Å². The predicted octanol–water partition coefficient (Wildman–Crippen LogP) is 3.45. The molecule has 0 heteroatoms. The van der Waals surface area contributed by atoms with Crippen LogP contribution in [0.2, 0.25) is 0 Å². The Morgan fingerprint density at radius 1 is 1.17 bits per heavy atom. The zero-order valence-corrected chi connectivity index (χ0v) is 7.55. The van der Waals surface area contributed by atoms with Gasteiger partial charge in [-0.05, 0) is 55.9 Å². The number of fused-ring (bicyclic) bond motifs is 2. The van der Waals surface area contributed by atoms with E-state index >= 15 is 0 Å². The number of hydrogen-bond acceptors (Lipinski definition) is 0. The molecule has 0 aliphatic heterocycles. The van der Waals surface area contributed by atoms with E-state index in [-0.39, 0.29) is 0 Å². The van der Waals surface area contributed by atoms with Crippen molar-refractivity contribution in [2.75, 3.05) is 0 Å². The average Bonchev–Trinajstić information content (AvgIpc) is 2.64. The van der Waals surface area contributed by atoms with Gasteiger partial charge in [0.15, 0.2) is 0 Å². The molecule has 1 saturated carbocycles. The largest absolute Gasteiger partial charge is 0.0810 e. The van der Waals surface area contributed by atoms with Crippen LogP contribution in [0.25, 0.3) is 0 Å². The maximum atomic E-state index is 2.53. The third kappa shape index (κ3) is 0.903. The maximum Gasteiger partial charge on any atom is -0.0156 e. The van der Waals surface area contributed by atoms with Crippen molar-refractivity contribution in [3.05, 3.63) is 23.3 Å². The normalized spacial score (nSPS) is 38.7. The molecule has 3 rings (SSSR count). The Morgan fingerprint density at radius 2 is 2.17 bits per heavy atom. The van der Waals surface area contributed by atoms with Gasteiger partial charge in [0.05, 0.1) is 0 Å². The van der Waals surface area contributed by atoms with Gasteiger partial charge in [-0.1, -0.05) is 17.7 Å². The summed E-state index contributed by atoms with van der Waals surface area (Å²) in [6, 6.07) is 0. The van der Waals surface area contributed by atoms with Gasteiger partial charge in [0.25, 0.3) is 0 Å². The highest BCUT2D eigenvalue weighted by Crippen LogP contribution is 2.45. The highest BCUT2D eigenvalue weighted by molar-refractivity contribution is 5.35. The summed E-state index contributed by atoms with van der Waals surface area (Å²) in [5.41, 5.74) is 3.46. The lowest BCUT2D eigenvalue weighted by atomic mass is 9.81. The number of hydrogen-bond donors (Lipinski definition) is 0. The molecule has 0 heterocycles. The molecule has 0 nitrogen and oxygen atoms in total. The van der Waals surface area contributed by atoms with Crippen molar-refractivity contribution in [1.82, 2.24) is 0 Å². The molecule has 0 aromatic heterocycles. The Morgan fingerprint density at radius 3 is 3.17 bits per heavy atom. The fraction of sp³-hybridized carbons (Fsp3) is 0.667. The van der Waals surface area contributed by atoms with Crippen LogP contribution in [0.5, 0.6) is 0 Å². The summed E-state index contributed by atoms with van der Waals surface area (Å²) in [4.78, 5) is 0. The predicted molar refractivity (Wildman–Crippen MR) is 50.8 cm³/mol. The summed E-state index contributed by atoms with van der Waals surface area (Å²) < 4.78 is 0. The first-order valence-electron chi connectivity index (χ1n) is 5.34. The first-order valence-corrected chi connectivity index (χ1v) is 5.34. The third-order valence-electron chi connectivity index (χ3n) is 3.83. The second-order valence-electron chi connectivity index (χ2n) is 4.52. The molecule has 0 amide bonds. The summed E-state index contributed by atoms with van der Waals surface area (Å²) in [5, 5.41) is 0. The van der Waals surface area contributed by atoms with Gasteiger partial charge < -0.3 is 0 Å². The third-order valence-corrected chi connectivity index (χ3v) is 3.83. The van der Waals surface area contributed by atoms with Crippen molar-refractivity contribution >= 4 is 0 Å². The molecular formula is C12H16. The van der Waals surface area contributed by atoms with Gasteiger partial charge in [-0.15, -0.1) is 0 Å². The second kappa shape index (κ2) is 2.48. The maximum absolute atomic E-state index is 2.53. The van der Waals surface area contributed by atoms with Gasteiger partial charge in [0, 0.05) is 0 Å². The summed E-state index contributed by atoms with van der Waals surface area (Å²) in [5.74, 6) is 1.95. The summed E-state index contributed by atoms with van der Waals surface area (Å²) in [6.45, 7) is 0. The molecule has 0 saturated heterocycles. The van der Waals surface area contributed by atoms with Gasteiger partial charge >= 0.3 is 0 Å². The van der Waals surface area contributed by atoms with Crippen LogP contribution < -0.4 is 0 Å². The molecule has 1 fully saturated rings. The SMILES string of the molecule is C1=C2C=C3CCCC3CC2CC1. The molecule has 0 aromatic rings. The molecule has 12 heavy (non-hydrogen) atoms. The monoisotopic (exact) mass is 160 g/mol. The minimum absolute atomic E-state index is 0.955. The lowest BCUT2D eigenvalue weighted by Gasteiger charge is -2.24. The van der Waals surface area contributed by atoms with Crippen molar-refractivity contribution in [3.8, 4) is 0 Å². The molecule has 0 bridgehead atoms. The molecule has 0 spiro atoms.